The SMILES string of the molecule is c1ccc(-c2nc(-c3ccccc3)c3ccc4ccc(-c5cccc(-c6cccc(-c7ccc8c(c7)C(c7ccccc7)(c7ccccc7)c7ccccc7-8)n6)c5)cc4c3n2)cc1. The Morgan fingerprint density at radius 1 is 0.302 bits per heavy atom. The van der Waals surface area contributed by atoms with Gasteiger partial charge in [-0.15, -0.1) is 0 Å². The smallest absolute Gasteiger partial charge is 0.160 e. The topological polar surface area (TPSA) is 38.7 Å². The molecule has 1 aliphatic carbocycles. The van der Waals surface area contributed by atoms with Crippen LogP contribution in [0.1, 0.15) is 22.3 Å². The maximum absolute atomic E-state index is 5.37. The fourth-order valence-corrected chi connectivity index (χ4v) is 9.84. The Balaban J connectivity index is 0.959. The molecule has 0 saturated heterocycles. The molecule has 0 unspecified atom stereocenters. The number of hydrogen-bond acceptors (Lipinski definition) is 3. The second-order valence-electron chi connectivity index (χ2n) is 16.3. The van der Waals surface area contributed by atoms with Crippen LogP contribution in [0.4, 0.5) is 0 Å². The molecule has 0 amide bonds. The third-order valence-electron chi connectivity index (χ3n) is 12.8. The number of rotatable bonds is 7. The first-order chi connectivity index (χ1) is 31.2. The van der Waals surface area contributed by atoms with Gasteiger partial charge in [-0.05, 0) is 86.3 Å². The summed E-state index contributed by atoms with van der Waals surface area (Å²) < 4.78 is 0. The first-order valence-electron chi connectivity index (χ1n) is 21.5. The van der Waals surface area contributed by atoms with E-state index in [9.17, 15) is 0 Å². The highest BCUT2D eigenvalue weighted by Crippen LogP contribution is 2.56. The first-order valence-corrected chi connectivity index (χ1v) is 21.5. The van der Waals surface area contributed by atoms with E-state index in [0.717, 1.165) is 72.1 Å². The number of fused-ring (bicyclic) bond motifs is 6. The van der Waals surface area contributed by atoms with Crippen LogP contribution in [0.2, 0.25) is 0 Å². The molecule has 0 spiro atoms. The van der Waals surface area contributed by atoms with Crippen molar-refractivity contribution in [1.82, 2.24) is 15.0 Å². The van der Waals surface area contributed by atoms with Crippen LogP contribution in [0.15, 0.2) is 237 Å². The van der Waals surface area contributed by atoms with Gasteiger partial charge in [0, 0.05) is 33.0 Å². The molecule has 0 atom stereocenters. The van der Waals surface area contributed by atoms with Crippen molar-refractivity contribution in [2.45, 2.75) is 5.41 Å². The highest BCUT2D eigenvalue weighted by Gasteiger charge is 2.46. The lowest BCUT2D eigenvalue weighted by Crippen LogP contribution is -2.28. The average molecular weight is 802 g/mol. The van der Waals surface area contributed by atoms with Crippen molar-refractivity contribution >= 4 is 21.7 Å². The molecule has 0 aliphatic heterocycles. The van der Waals surface area contributed by atoms with Crippen molar-refractivity contribution in [2.75, 3.05) is 0 Å². The molecule has 63 heavy (non-hydrogen) atoms. The molecular formula is C60H39N3. The van der Waals surface area contributed by atoms with Crippen LogP contribution in [0.5, 0.6) is 0 Å². The van der Waals surface area contributed by atoms with Gasteiger partial charge >= 0.3 is 0 Å². The molecular weight excluding hydrogens is 763 g/mol. The van der Waals surface area contributed by atoms with Gasteiger partial charge in [-0.25, -0.2) is 15.0 Å². The van der Waals surface area contributed by atoms with Crippen molar-refractivity contribution in [1.29, 1.82) is 0 Å². The van der Waals surface area contributed by atoms with Crippen LogP contribution < -0.4 is 0 Å². The molecule has 9 aromatic carbocycles. The Labute approximate surface area is 366 Å². The Morgan fingerprint density at radius 3 is 1.57 bits per heavy atom. The van der Waals surface area contributed by atoms with Crippen LogP contribution in [-0.4, -0.2) is 15.0 Å². The largest absolute Gasteiger partial charge is 0.248 e. The molecule has 2 aromatic heterocycles. The summed E-state index contributed by atoms with van der Waals surface area (Å²) in [4.78, 5) is 15.8. The van der Waals surface area contributed by atoms with Crippen LogP contribution in [0.25, 0.3) is 89.1 Å². The Morgan fingerprint density at radius 2 is 0.841 bits per heavy atom. The molecule has 294 valence electrons. The van der Waals surface area contributed by atoms with E-state index < -0.39 is 5.41 Å². The lowest BCUT2D eigenvalue weighted by molar-refractivity contribution is 0.768. The number of nitrogens with zero attached hydrogens (tertiary/aromatic N) is 3. The monoisotopic (exact) mass is 801 g/mol. The Bertz CT molecular complexity index is 3450. The van der Waals surface area contributed by atoms with Crippen LogP contribution in [0, 0.1) is 0 Å². The van der Waals surface area contributed by atoms with Gasteiger partial charge in [-0.1, -0.05) is 200 Å². The zero-order valence-corrected chi connectivity index (χ0v) is 34.4. The molecule has 3 heteroatoms. The second kappa shape index (κ2) is 15.0. The molecule has 12 rings (SSSR count). The van der Waals surface area contributed by atoms with Crippen molar-refractivity contribution in [3.8, 4) is 67.4 Å². The van der Waals surface area contributed by atoms with Gasteiger partial charge in [-0.3, -0.25) is 0 Å². The van der Waals surface area contributed by atoms with E-state index in [4.69, 9.17) is 15.0 Å². The van der Waals surface area contributed by atoms with Crippen molar-refractivity contribution in [3.63, 3.8) is 0 Å². The van der Waals surface area contributed by atoms with Gasteiger partial charge in [0.25, 0.3) is 0 Å². The minimum atomic E-state index is -0.472. The molecule has 0 saturated carbocycles. The van der Waals surface area contributed by atoms with Crippen LogP contribution >= 0.6 is 0 Å². The van der Waals surface area contributed by atoms with E-state index in [1.807, 2.05) is 24.3 Å². The van der Waals surface area contributed by atoms with Gasteiger partial charge in [0.1, 0.15) is 0 Å². The summed E-state index contributed by atoms with van der Waals surface area (Å²) in [6.07, 6.45) is 0. The van der Waals surface area contributed by atoms with E-state index in [-0.39, 0.29) is 0 Å². The lowest BCUT2D eigenvalue weighted by Gasteiger charge is -2.34. The minimum Gasteiger partial charge on any atom is -0.248 e. The third kappa shape index (κ3) is 6.08. The third-order valence-corrected chi connectivity index (χ3v) is 12.8. The van der Waals surface area contributed by atoms with E-state index in [2.05, 4.69) is 212 Å². The van der Waals surface area contributed by atoms with Crippen LogP contribution in [-0.2, 0) is 5.41 Å². The van der Waals surface area contributed by atoms with Gasteiger partial charge in [0.15, 0.2) is 5.82 Å². The molecule has 0 radical (unpaired) electrons. The molecule has 2 heterocycles. The first kappa shape index (κ1) is 36.6. The predicted octanol–water partition coefficient (Wildman–Crippen LogP) is 14.9. The molecule has 0 N–H and O–H groups in total. The Hall–Kier alpha value is -8.27. The number of benzene rings is 9. The predicted molar refractivity (Wildman–Crippen MR) is 259 cm³/mol. The fraction of sp³-hybridized carbons (Fsp3) is 0.0167. The number of pyridine rings is 1. The minimum absolute atomic E-state index is 0.472. The summed E-state index contributed by atoms with van der Waals surface area (Å²) in [6, 6.07) is 84.6. The zero-order valence-electron chi connectivity index (χ0n) is 34.4. The van der Waals surface area contributed by atoms with Gasteiger partial charge in [-0.2, -0.15) is 0 Å². The van der Waals surface area contributed by atoms with E-state index in [0.29, 0.717) is 5.82 Å². The maximum atomic E-state index is 5.37. The summed E-state index contributed by atoms with van der Waals surface area (Å²) in [5.74, 6) is 0.714. The number of hydrogen-bond donors (Lipinski definition) is 0. The van der Waals surface area contributed by atoms with Crippen molar-refractivity contribution in [2.24, 2.45) is 0 Å². The Kier molecular flexibility index (Phi) is 8.72. The summed E-state index contributed by atoms with van der Waals surface area (Å²) >= 11 is 0. The molecule has 11 aromatic rings. The average Bonchev–Trinajstić information content (AvgIpc) is 3.67. The molecule has 1 aliphatic rings. The highest BCUT2D eigenvalue weighted by atomic mass is 14.9. The summed E-state index contributed by atoms with van der Waals surface area (Å²) in [7, 11) is 0. The van der Waals surface area contributed by atoms with Gasteiger partial charge < -0.3 is 0 Å². The van der Waals surface area contributed by atoms with Gasteiger partial charge in [0.05, 0.1) is 28.0 Å². The molecule has 0 bridgehead atoms. The summed E-state index contributed by atoms with van der Waals surface area (Å²) in [6.45, 7) is 0. The van der Waals surface area contributed by atoms with Crippen LogP contribution in [0.3, 0.4) is 0 Å². The normalized spacial score (nSPS) is 12.6. The summed E-state index contributed by atoms with van der Waals surface area (Å²) in [5, 5.41) is 3.25. The maximum Gasteiger partial charge on any atom is 0.160 e. The summed E-state index contributed by atoms with van der Waals surface area (Å²) in [5.41, 5.74) is 17.3. The number of aromatic nitrogens is 3. The fourth-order valence-electron chi connectivity index (χ4n) is 9.84. The lowest BCUT2D eigenvalue weighted by atomic mass is 9.67. The molecule has 3 nitrogen and oxygen atoms in total. The zero-order chi connectivity index (χ0) is 41.7. The molecule has 0 fully saturated rings. The van der Waals surface area contributed by atoms with Crippen molar-refractivity contribution in [3.05, 3.63) is 259 Å². The second-order valence-corrected chi connectivity index (χ2v) is 16.3. The van der Waals surface area contributed by atoms with E-state index >= 15 is 0 Å². The quantitative estimate of drug-likeness (QED) is 0.151. The highest BCUT2D eigenvalue weighted by molar-refractivity contribution is 6.11. The standard InChI is InChI=1S/C60H39N3/c1-5-17-41(18-6-1)57-51-36-33-40-31-32-44(38-52(40)58(51)63-59(62-57)42-19-7-2-8-20-42)43-21-15-22-45(37-43)55-29-16-30-56(61-55)46-34-35-50-49-27-13-14-28-53(49)60(54(50)39-46,47-23-9-3-10-24-47)48-25-11-4-12-26-48/h1-39H. The van der Waals surface area contributed by atoms with E-state index in [1.165, 1.54) is 33.4 Å². The van der Waals surface area contributed by atoms with E-state index in [1.54, 1.807) is 0 Å². The van der Waals surface area contributed by atoms with Gasteiger partial charge in [0.2, 0.25) is 0 Å². The van der Waals surface area contributed by atoms with Crippen molar-refractivity contribution < 1.29 is 0 Å².